The first-order valence-corrected chi connectivity index (χ1v) is 4.84. The Balaban J connectivity index is 2.41. The monoisotopic (exact) mass is 188 g/mol. The lowest BCUT2D eigenvalue weighted by atomic mass is 9.94. The molecule has 0 saturated heterocycles. The van der Waals surface area contributed by atoms with Gasteiger partial charge in [0.1, 0.15) is 7.85 Å². The molecule has 0 saturated carbocycles. The van der Waals surface area contributed by atoms with E-state index in [4.69, 9.17) is 12.6 Å². The normalized spacial score (nSPS) is 15.8. The smallest absolute Gasteiger partial charge is 0.205 e. The number of pyridine rings is 1. The summed E-state index contributed by atoms with van der Waals surface area (Å²) in [5.74, 6) is 0.547. The molecular formula is C10H13BN2O. The van der Waals surface area contributed by atoms with E-state index in [2.05, 4.69) is 10.3 Å². The molecule has 0 bridgehead atoms. The van der Waals surface area contributed by atoms with Gasteiger partial charge in [-0.2, -0.15) is 0 Å². The van der Waals surface area contributed by atoms with Crippen LogP contribution in [0.5, 0.6) is 5.88 Å². The zero-order valence-electron chi connectivity index (χ0n) is 8.34. The van der Waals surface area contributed by atoms with E-state index in [1.165, 1.54) is 5.56 Å². The number of methoxy groups -OCH3 is 1. The Morgan fingerprint density at radius 2 is 2.21 bits per heavy atom. The van der Waals surface area contributed by atoms with Crippen molar-refractivity contribution >= 4 is 13.3 Å². The maximum absolute atomic E-state index is 5.80. The molecule has 0 amide bonds. The molecule has 1 aliphatic rings. The van der Waals surface area contributed by atoms with Crippen LogP contribution in [0.3, 0.4) is 0 Å². The van der Waals surface area contributed by atoms with Gasteiger partial charge in [0.25, 0.3) is 0 Å². The fraction of sp³-hybridized carbons (Fsp3) is 0.500. The molecule has 2 rings (SSSR count). The molecule has 1 aliphatic heterocycles. The molecule has 0 aliphatic carbocycles. The number of hydrogen-bond donors (Lipinski definition) is 1. The van der Waals surface area contributed by atoms with E-state index in [0.717, 1.165) is 31.6 Å². The van der Waals surface area contributed by atoms with Crippen molar-refractivity contribution < 1.29 is 4.74 Å². The van der Waals surface area contributed by atoms with Gasteiger partial charge in [-0.1, -0.05) is 6.07 Å². The van der Waals surface area contributed by atoms with Crippen molar-refractivity contribution in [2.45, 2.75) is 12.8 Å². The van der Waals surface area contributed by atoms with E-state index in [0.29, 0.717) is 11.3 Å². The number of aromatic nitrogens is 1. The Bertz CT molecular complexity index is 341. The van der Waals surface area contributed by atoms with Crippen LogP contribution in [0, 0.1) is 0 Å². The minimum absolute atomic E-state index is 0.547. The fourth-order valence-electron chi connectivity index (χ4n) is 1.74. The average molecular weight is 188 g/mol. The van der Waals surface area contributed by atoms with E-state index in [9.17, 15) is 0 Å². The fourth-order valence-corrected chi connectivity index (χ4v) is 1.74. The molecule has 0 aromatic carbocycles. The summed E-state index contributed by atoms with van der Waals surface area (Å²) in [6.07, 6.45) is 1.95. The van der Waals surface area contributed by atoms with Gasteiger partial charge in [-0.3, -0.25) is 0 Å². The van der Waals surface area contributed by atoms with Crippen molar-refractivity contribution in [3.05, 3.63) is 17.3 Å². The highest BCUT2D eigenvalue weighted by molar-refractivity contribution is 6.34. The number of ether oxygens (including phenoxy) is 1. The summed E-state index contributed by atoms with van der Waals surface area (Å²) in [7, 11) is 7.40. The van der Waals surface area contributed by atoms with E-state index in [1.807, 2.05) is 6.07 Å². The van der Waals surface area contributed by atoms with Crippen molar-refractivity contribution in [3.8, 4) is 5.88 Å². The number of hydrogen-bond acceptors (Lipinski definition) is 3. The molecule has 2 heterocycles. The molecule has 4 heteroatoms. The van der Waals surface area contributed by atoms with E-state index >= 15 is 0 Å². The molecule has 1 N–H and O–H groups in total. The van der Waals surface area contributed by atoms with Gasteiger partial charge in [0, 0.05) is 18.7 Å². The second-order valence-corrected chi connectivity index (χ2v) is 3.44. The van der Waals surface area contributed by atoms with Crippen molar-refractivity contribution in [2.75, 3.05) is 20.2 Å². The van der Waals surface area contributed by atoms with E-state index < -0.39 is 0 Å². The third-order valence-corrected chi connectivity index (χ3v) is 2.49. The predicted octanol–water partition coefficient (Wildman–Crippen LogP) is -0.428. The summed E-state index contributed by atoms with van der Waals surface area (Å²) in [5.41, 5.74) is 2.99. The van der Waals surface area contributed by atoms with Gasteiger partial charge in [0.2, 0.25) is 5.88 Å². The molecule has 1 aromatic heterocycles. The molecule has 72 valence electrons. The summed E-state index contributed by atoms with van der Waals surface area (Å²) in [6.45, 7) is 1.98. The second-order valence-electron chi connectivity index (χ2n) is 3.44. The summed E-state index contributed by atoms with van der Waals surface area (Å²) in [5, 5.41) is 3.33. The van der Waals surface area contributed by atoms with Crippen LogP contribution in [0.1, 0.15) is 11.3 Å². The maximum Gasteiger partial charge on any atom is 0.205 e. The highest BCUT2D eigenvalue weighted by atomic mass is 16.5. The van der Waals surface area contributed by atoms with E-state index in [1.54, 1.807) is 7.11 Å². The van der Waals surface area contributed by atoms with Crippen molar-refractivity contribution in [1.29, 1.82) is 0 Å². The standard InChI is InChI=1S/C10H13BN2O/c1-14-10-8(11)6-7-2-4-12-5-3-9(7)13-10/h6,12H,2-5H2,1H3. The van der Waals surface area contributed by atoms with Gasteiger partial charge < -0.3 is 10.1 Å². The molecular weight excluding hydrogens is 175 g/mol. The first kappa shape index (κ1) is 9.53. The van der Waals surface area contributed by atoms with Gasteiger partial charge in [-0.05, 0) is 24.0 Å². The molecule has 0 atom stereocenters. The van der Waals surface area contributed by atoms with Gasteiger partial charge in [-0.15, -0.1) is 0 Å². The highest BCUT2D eigenvalue weighted by Crippen LogP contribution is 2.13. The molecule has 1 aromatic rings. The van der Waals surface area contributed by atoms with Crippen LogP contribution in [0.15, 0.2) is 6.07 Å². The minimum atomic E-state index is 0.547. The molecule has 0 fully saturated rings. The minimum Gasteiger partial charge on any atom is -0.481 e. The van der Waals surface area contributed by atoms with Crippen LogP contribution in [0.2, 0.25) is 0 Å². The largest absolute Gasteiger partial charge is 0.481 e. The number of rotatable bonds is 1. The average Bonchev–Trinajstić information content (AvgIpc) is 2.41. The summed E-state index contributed by atoms with van der Waals surface area (Å²) in [6, 6.07) is 1.98. The van der Waals surface area contributed by atoms with Crippen molar-refractivity contribution in [3.63, 3.8) is 0 Å². The highest BCUT2D eigenvalue weighted by Gasteiger charge is 2.11. The number of nitrogens with zero attached hydrogens (tertiary/aromatic N) is 1. The van der Waals surface area contributed by atoms with Crippen molar-refractivity contribution in [2.24, 2.45) is 0 Å². The summed E-state index contributed by atoms with van der Waals surface area (Å²) in [4.78, 5) is 4.40. The lowest BCUT2D eigenvalue weighted by molar-refractivity contribution is 0.400. The van der Waals surface area contributed by atoms with Crippen LogP contribution < -0.4 is 15.5 Å². The van der Waals surface area contributed by atoms with Gasteiger partial charge in [0.15, 0.2) is 0 Å². The Morgan fingerprint density at radius 3 is 3.00 bits per heavy atom. The lowest BCUT2D eigenvalue weighted by Gasteiger charge is -2.09. The quantitative estimate of drug-likeness (QED) is 0.607. The Labute approximate surface area is 85.3 Å². The van der Waals surface area contributed by atoms with Gasteiger partial charge >= 0.3 is 0 Å². The Morgan fingerprint density at radius 1 is 1.43 bits per heavy atom. The topological polar surface area (TPSA) is 34.1 Å². The second kappa shape index (κ2) is 4.01. The summed E-state index contributed by atoms with van der Waals surface area (Å²) >= 11 is 0. The van der Waals surface area contributed by atoms with Gasteiger partial charge in [-0.25, -0.2) is 4.98 Å². The first-order chi connectivity index (χ1) is 6.81. The third kappa shape index (κ3) is 1.75. The maximum atomic E-state index is 5.80. The van der Waals surface area contributed by atoms with Crippen LogP contribution >= 0.6 is 0 Å². The SMILES string of the molecule is [B]c1cc2c(nc1OC)CCNCC2. The zero-order chi connectivity index (χ0) is 9.97. The van der Waals surface area contributed by atoms with Gasteiger partial charge in [0.05, 0.1) is 7.11 Å². The van der Waals surface area contributed by atoms with Crippen LogP contribution in [0.25, 0.3) is 0 Å². The number of nitrogens with one attached hydrogen (secondary N) is 1. The third-order valence-electron chi connectivity index (χ3n) is 2.49. The predicted molar refractivity (Wildman–Crippen MR) is 56.5 cm³/mol. The molecule has 14 heavy (non-hydrogen) atoms. The van der Waals surface area contributed by atoms with E-state index in [-0.39, 0.29) is 0 Å². The molecule has 2 radical (unpaired) electrons. The molecule has 0 unspecified atom stereocenters. The van der Waals surface area contributed by atoms with Crippen LogP contribution in [-0.2, 0) is 12.8 Å². The van der Waals surface area contributed by atoms with Crippen molar-refractivity contribution in [1.82, 2.24) is 10.3 Å². The summed E-state index contributed by atoms with van der Waals surface area (Å²) < 4.78 is 5.10. The molecule has 0 spiro atoms. The number of fused-ring (bicyclic) bond motifs is 1. The molecule has 3 nitrogen and oxygen atoms in total. The Hall–Kier alpha value is -1.03. The lowest BCUT2D eigenvalue weighted by Crippen LogP contribution is -2.16. The Kier molecular flexibility index (Phi) is 2.73. The van der Waals surface area contributed by atoms with Crippen LogP contribution in [0.4, 0.5) is 0 Å². The van der Waals surface area contributed by atoms with Crippen LogP contribution in [-0.4, -0.2) is 33.0 Å². The zero-order valence-corrected chi connectivity index (χ0v) is 8.34. The first-order valence-electron chi connectivity index (χ1n) is 4.84.